The van der Waals surface area contributed by atoms with E-state index in [2.05, 4.69) is 4.72 Å². The highest BCUT2D eigenvalue weighted by Crippen LogP contribution is 1.92. The number of rotatable bonds is 7. The fourth-order valence-electron chi connectivity index (χ4n) is 0.746. The zero-order valence-corrected chi connectivity index (χ0v) is 9.70. The van der Waals surface area contributed by atoms with E-state index in [4.69, 9.17) is 5.14 Å². The molecule has 0 heterocycles. The van der Waals surface area contributed by atoms with E-state index in [1.54, 1.807) is 0 Å². The van der Waals surface area contributed by atoms with Crippen LogP contribution in [-0.2, 0) is 20.0 Å². The van der Waals surface area contributed by atoms with Crippen LogP contribution in [0.3, 0.4) is 0 Å². The summed E-state index contributed by atoms with van der Waals surface area (Å²) in [6, 6.07) is 0. The second-order valence-corrected chi connectivity index (χ2v) is 6.59. The van der Waals surface area contributed by atoms with Crippen LogP contribution in [0.1, 0.15) is 19.8 Å². The maximum Gasteiger partial charge on any atom is 0.211 e. The first-order chi connectivity index (χ1) is 6.27. The van der Waals surface area contributed by atoms with E-state index >= 15 is 0 Å². The summed E-state index contributed by atoms with van der Waals surface area (Å²) >= 11 is 0. The molecule has 0 saturated heterocycles. The fourth-order valence-corrected chi connectivity index (χ4v) is 2.49. The Morgan fingerprint density at radius 1 is 1.14 bits per heavy atom. The summed E-state index contributed by atoms with van der Waals surface area (Å²) in [7, 11) is -6.93. The van der Waals surface area contributed by atoms with Gasteiger partial charge in [-0.2, -0.15) is 0 Å². The average molecular weight is 244 g/mol. The zero-order chi connectivity index (χ0) is 11.2. The molecule has 0 aliphatic rings. The van der Waals surface area contributed by atoms with Crippen molar-refractivity contribution in [1.82, 2.24) is 4.72 Å². The molecule has 3 N–H and O–H groups in total. The molecular formula is C6H16N2O4S2. The van der Waals surface area contributed by atoms with Crippen LogP contribution in [0.5, 0.6) is 0 Å². The van der Waals surface area contributed by atoms with E-state index in [-0.39, 0.29) is 18.1 Å². The van der Waals surface area contributed by atoms with Gasteiger partial charge in [-0.3, -0.25) is 0 Å². The van der Waals surface area contributed by atoms with Crippen molar-refractivity contribution >= 4 is 20.0 Å². The van der Waals surface area contributed by atoms with E-state index in [1.807, 2.05) is 6.92 Å². The number of primary sulfonamides is 1. The summed E-state index contributed by atoms with van der Waals surface area (Å²) < 4.78 is 45.4. The van der Waals surface area contributed by atoms with Gasteiger partial charge in [0.25, 0.3) is 0 Å². The molecule has 0 unspecified atom stereocenters. The van der Waals surface area contributed by atoms with Gasteiger partial charge in [0.15, 0.2) is 0 Å². The Labute approximate surface area is 85.0 Å². The van der Waals surface area contributed by atoms with Gasteiger partial charge in [-0.1, -0.05) is 13.3 Å². The van der Waals surface area contributed by atoms with Gasteiger partial charge in [-0.05, 0) is 6.42 Å². The van der Waals surface area contributed by atoms with Gasteiger partial charge in [-0.15, -0.1) is 0 Å². The third-order valence-corrected chi connectivity index (χ3v) is 3.72. The standard InChI is InChI=1S/C6H16N2O4S2/c1-2-3-5-14(11,12)8-4-6-13(7,9)10/h8H,2-6H2,1H3,(H2,7,9,10). The largest absolute Gasteiger partial charge is 0.229 e. The monoisotopic (exact) mass is 244 g/mol. The minimum absolute atomic E-state index is 0.0219. The second kappa shape index (κ2) is 5.64. The molecule has 0 saturated carbocycles. The van der Waals surface area contributed by atoms with Crippen molar-refractivity contribution in [2.75, 3.05) is 18.1 Å². The van der Waals surface area contributed by atoms with Gasteiger partial charge in [0, 0.05) is 6.54 Å². The summed E-state index contributed by atoms with van der Waals surface area (Å²) in [5.74, 6) is -0.355. The predicted molar refractivity (Wildman–Crippen MR) is 54.7 cm³/mol. The lowest BCUT2D eigenvalue weighted by Crippen LogP contribution is -2.32. The van der Waals surface area contributed by atoms with Gasteiger partial charge >= 0.3 is 0 Å². The third-order valence-electron chi connectivity index (χ3n) is 1.48. The number of nitrogens with two attached hydrogens (primary N) is 1. The van der Waals surface area contributed by atoms with Crippen LogP contribution in [0.2, 0.25) is 0 Å². The molecule has 0 fully saturated rings. The Hall–Kier alpha value is -0.180. The van der Waals surface area contributed by atoms with Crippen molar-refractivity contribution in [2.24, 2.45) is 5.14 Å². The highest BCUT2D eigenvalue weighted by molar-refractivity contribution is 7.90. The summed E-state index contributed by atoms with van der Waals surface area (Å²) in [6.45, 7) is 1.71. The van der Waals surface area contributed by atoms with Crippen LogP contribution in [-0.4, -0.2) is 34.9 Å². The molecule has 0 aliphatic carbocycles. The van der Waals surface area contributed by atoms with Gasteiger partial charge in [0.2, 0.25) is 20.0 Å². The molecule has 0 aromatic carbocycles. The highest BCUT2D eigenvalue weighted by Gasteiger charge is 2.10. The van der Waals surface area contributed by atoms with E-state index in [1.165, 1.54) is 0 Å². The molecule has 0 aromatic heterocycles. The van der Waals surface area contributed by atoms with Gasteiger partial charge in [-0.25, -0.2) is 26.7 Å². The first-order valence-electron chi connectivity index (χ1n) is 4.24. The van der Waals surface area contributed by atoms with Crippen molar-refractivity contribution in [1.29, 1.82) is 0 Å². The van der Waals surface area contributed by atoms with Crippen LogP contribution in [0.25, 0.3) is 0 Å². The number of unbranched alkanes of at least 4 members (excludes halogenated alkanes) is 1. The van der Waals surface area contributed by atoms with Crippen molar-refractivity contribution < 1.29 is 16.8 Å². The van der Waals surface area contributed by atoms with Crippen LogP contribution < -0.4 is 9.86 Å². The average Bonchev–Trinajstić information content (AvgIpc) is 1.98. The van der Waals surface area contributed by atoms with Crippen LogP contribution >= 0.6 is 0 Å². The Balaban J connectivity index is 3.89. The molecular weight excluding hydrogens is 228 g/mol. The molecule has 86 valence electrons. The minimum atomic E-state index is -3.59. The van der Waals surface area contributed by atoms with E-state index < -0.39 is 20.0 Å². The normalized spacial score (nSPS) is 13.0. The SMILES string of the molecule is CCCCS(=O)(=O)NCCS(N)(=O)=O. The van der Waals surface area contributed by atoms with Gasteiger partial charge in [0.05, 0.1) is 11.5 Å². The van der Waals surface area contributed by atoms with Crippen molar-refractivity contribution in [3.8, 4) is 0 Å². The Morgan fingerprint density at radius 2 is 1.71 bits per heavy atom. The first-order valence-corrected chi connectivity index (χ1v) is 7.61. The summed E-state index contributed by atoms with van der Waals surface area (Å²) in [6.07, 6.45) is 1.33. The number of sulfonamides is 2. The molecule has 0 amide bonds. The van der Waals surface area contributed by atoms with E-state index in [0.29, 0.717) is 6.42 Å². The quantitative estimate of drug-likeness (QED) is 0.598. The number of hydrogen-bond acceptors (Lipinski definition) is 4. The first kappa shape index (κ1) is 13.8. The number of hydrogen-bond donors (Lipinski definition) is 2. The Morgan fingerprint density at radius 3 is 2.14 bits per heavy atom. The topological polar surface area (TPSA) is 106 Å². The molecule has 14 heavy (non-hydrogen) atoms. The third kappa shape index (κ3) is 8.42. The number of nitrogens with one attached hydrogen (secondary N) is 1. The molecule has 0 radical (unpaired) electrons. The molecule has 6 nitrogen and oxygen atoms in total. The molecule has 0 aliphatic heterocycles. The smallest absolute Gasteiger partial charge is 0.211 e. The Kier molecular flexibility index (Phi) is 5.57. The van der Waals surface area contributed by atoms with Crippen molar-refractivity contribution in [2.45, 2.75) is 19.8 Å². The van der Waals surface area contributed by atoms with Gasteiger partial charge in [0.1, 0.15) is 0 Å². The summed E-state index contributed by atoms with van der Waals surface area (Å²) in [4.78, 5) is 0. The van der Waals surface area contributed by atoms with Crippen molar-refractivity contribution in [3.05, 3.63) is 0 Å². The molecule has 0 aromatic rings. The lowest BCUT2D eigenvalue weighted by atomic mass is 10.4. The molecule has 0 rings (SSSR count). The van der Waals surface area contributed by atoms with Crippen LogP contribution in [0.4, 0.5) is 0 Å². The maximum absolute atomic E-state index is 11.1. The predicted octanol–water partition coefficient (Wildman–Crippen LogP) is -1.01. The van der Waals surface area contributed by atoms with Crippen molar-refractivity contribution in [3.63, 3.8) is 0 Å². The molecule has 0 spiro atoms. The maximum atomic E-state index is 11.1. The van der Waals surface area contributed by atoms with E-state index in [0.717, 1.165) is 6.42 Å². The fraction of sp³-hybridized carbons (Fsp3) is 1.00. The highest BCUT2D eigenvalue weighted by atomic mass is 32.2. The van der Waals surface area contributed by atoms with Gasteiger partial charge < -0.3 is 0 Å². The summed E-state index contributed by atoms with van der Waals surface area (Å²) in [5, 5.41) is 4.70. The Bertz CT molecular complexity index is 346. The minimum Gasteiger partial charge on any atom is -0.229 e. The second-order valence-electron chi connectivity index (χ2n) is 2.93. The molecule has 8 heteroatoms. The van der Waals surface area contributed by atoms with Crippen LogP contribution in [0.15, 0.2) is 0 Å². The lowest BCUT2D eigenvalue weighted by Gasteiger charge is -2.04. The lowest BCUT2D eigenvalue weighted by molar-refractivity contribution is 0.578. The zero-order valence-electron chi connectivity index (χ0n) is 8.06. The van der Waals surface area contributed by atoms with E-state index in [9.17, 15) is 16.8 Å². The molecule has 0 bridgehead atoms. The van der Waals surface area contributed by atoms with Crippen LogP contribution in [0, 0.1) is 0 Å². The summed E-state index contributed by atoms with van der Waals surface area (Å²) in [5.41, 5.74) is 0. The molecule has 0 atom stereocenters.